The lowest BCUT2D eigenvalue weighted by atomic mass is 9.80. The van der Waals surface area contributed by atoms with Crippen LogP contribution in [0, 0.1) is 23.7 Å². The molecule has 0 aromatic carbocycles. The first-order valence-electron chi connectivity index (χ1n) is 7.68. The van der Waals surface area contributed by atoms with Gasteiger partial charge < -0.3 is 10.4 Å². The molecule has 0 radical (unpaired) electrons. The van der Waals surface area contributed by atoms with Crippen LogP contribution >= 0.6 is 0 Å². The Kier molecular flexibility index (Phi) is 6.68. The minimum atomic E-state index is -4.26. The van der Waals surface area contributed by atoms with Crippen LogP contribution in [0.5, 0.6) is 0 Å². The van der Waals surface area contributed by atoms with E-state index in [0.717, 1.165) is 0 Å². The van der Waals surface area contributed by atoms with Crippen LogP contribution in [0.25, 0.3) is 0 Å². The van der Waals surface area contributed by atoms with Crippen molar-refractivity contribution in [1.82, 2.24) is 5.32 Å². The molecule has 1 aliphatic carbocycles. The molecule has 22 heavy (non-hydrogen) atoms. The lowest BCUT2D eigenvalue weighted by molar-refractivity contribution is -0.186. The van der Waals surface area contributed by atoms with Gasteiger partial charge in [0.1, 0.15) is 0 Å². The molecule has 0 aromatic heterocycles. The van der Waals surface area contributed by atoms with Crippen LogP contribution in [-0.4, -0.2) is 29.7 Å². The first-order valence-corrected chi connectivity index (χ1v) is 7.68. The molecule has 0 saturated heterocycles. The summed E-state index contributed by atoms with van der Waals surface area (Å²) in [6.45, 7) is 3.74. The average molecular weight is 323 g/mol. The van der Waals surface area contributed by atoms with E-state index in [-0.39, 0.29) is 25.3 Å². The van der Waals surface area contributed by atoms with E-state index in [1.807, 2.05) is 13.8 Å². The molecule has 1 rings (SSSR count). The first kappa shape index (κ1) is 18.8. The number of nitrogens with one attached hydrogen (secondary N) is 1. The van der Waals surface area contributed by atoms with Gasteiger partial charge in [-0.05, 0) is 31.6 Å². The van der Waals surface area contributed by atoms with Crippen molar-refractivity contribution in [3.8, 4) is 0 Å². The molecular formula is C15H24F3NO3. The SMILES string of the molecule is CC(C)CC(CNC(=O)C1CCCC(C(F)(F)F)C1)C(=O)O. The van der Waals surface area contributed by atoms with Crippen molar-refractivity contribution >= 4 is 11.9 Å². The maximum atomic E-state index is 12.7. The molecule has 7 heteroatoms. The number of aliphatic carboxylic acids is 1. The molecule has 1 saturated carbocycles. The summed E-state index contributed by atoms with van der Waals surface area (Å²) in [5, 5.41) is 11.6. The van der Waals surface area contributed by atoms with Crippen LogP contribution in [-0.2, 0) is 9.59 Å². The summed E-state index contributed by atoms with van der Waals surface area (Å²) in [6, 6.07) is 0. The number of carboxylic acids is 1. The van der Waals surface area contributed by atoms with Gasteiger partial charge in [-0.15, -0.1) is 0 Å². The minimum absolute atomic E-state index is 0.0282. The zero-order valence-electron chi connectivity index (χ0n) is 12.9. The summed E-state index contributed by atoms with van der Waals surface area (Å²) < 4.78 is 38.2. The number of amides is 1. The number of alkyl halides is 3. The van der Waals surface area contributed by atoms with Crippen LogP contribution in [0.2, 0.25) is 0 Å². The predicted octanol–water partition coefficient (Wildman–Crippen LogP) is 3.22. The molecule has 1 amide bonds. The standard InChI is InChI=1S/C15H24F3NO3/c1-9(2)6-11(14(21)22)8-19-13(20)10-4-3-5-12(7-10)15(16,17)18/h9-12H,3-8H2,1-2H3,(H,19,20)(H,21,22). The van der Waals surface area contributed by atoms with E-state index < -0.39 is 35.8 Å². The maximum absolute atomic E-state index is 12.7. The Morgan fingerprint density at radius 2 is 1.91 bits per heavy atom. The van der Waals surface area contributed by atoms with Gasteiger partial charge in [0.05, 0.1) is 11.8 Å². The molecule has 0 aromatic rings. The number of rotatable bonds is 6. The van der Waals surface area contributed by atoms with E-state index in [0.29, 0.717) is 19.3 Å². The van der Waals surface area contributed by atoms with Crippen LogP contribution in [0.4, 0.5) is 13.2 Å². The third-order valence-electron chi connectivity index (χ3n) is 4.14. The Morgan fingerprint density at radius 3 is 2.41 bits per heavy atom. The molecule has 4 nitrogen and oxygen atoms in total. The van der Waals surface area contributed by atoms with Gasteiger partial charge in [-0.2, -0.15) is 13.2 Å². The molecule has 0 aliphatic heterocycles. The van der Waals surface area contributed by atoms with Gasteiger partial charge in [0.15, 0.2) is 0 Å². The largest absolute Gasteiger partial charge is 0.481 e. The van der Waals surface area contributed by atoms with Crippen LogP contribution < -0.4 is 5.32 Å². The number of halogens is 3. The average Bonchev–Trinajstić information content (AvgIpc) is 2.41. The molecular weight excluding hydrogens is 299 g/mol. The summed E-state index contributed by atoms with van der Waals surface area (Å²) in [7, 11) is 0. The highest BCUT2D eigenvalue weighted by atomic mass is 19.4. The van der Waals surface area contributed by atoms with E-state index in [2.05, 4.69) is 5.32 Å². The molecule has 3 unspecified atom stereocenters. The number of carbonyl (C=O) groups is 2. The summed E-state index contributed by atoms with van der Waals surface area (Å²) in [6.07, 6.45) is -3.17. The molecule has 1 aliphatic rings. The zero-order chi connectivity index (χ0) is 16.9. The number of carbonyl (C=O) groups excluding carboxylic acids is 1. The van der Waals surface area contributed by atoms with Gasteiger partial charge >= 0.3 is 12.1 Å². The van der Waals surface area contributed by atoms with E-state index in [1.54, 1.807) is 0 Å². The molecule has 0 bridgehead atoms. The second-order valence-electron chi connectivity index (χ2n) is 6.51. The minimum Gasteiger partial charge on any atom is -0.481 e. The Bertz CT molecular complexity index is 396. The summed E-state index contributed by atoms with van der Waals surface area (Å²) >= 11 is 0. The number of hydrogen-bond donors (Lipinski definition) is 2. The van der Waals surface area contributed by atoms with Crippen molar-refractivity contribution in [2.75, 3.05) is 6.54 Å². The van der Waals surface area contributed by atoms with Crippen molar-refractivity contribution in [3.05, 3.63) is 0 Å². The highest BCUT2D eigenvalue weighted by molar-refractivity contribution is 5.79. The summed E-state index contributed by atoms with van der Waals surface area (Å²) in [4.78, 5) is 23.1. The molecule has 3 atom stereocenters. The van der Waals surface area contributed by atoms with E-state index in [9.17, 15) is 22.8 Å². The first-order chi connectivity index (χ1) is 10.1. The topological polar surface area (TPSA) is 66.4 Å². The quantitative estimate of drug-likeness (QED) is 0.789. The van der Waals surface area contributed by atoms with Crippen molar-refractivity contribution in [1.29, 1.82) is 0 Å². The van der Waals surface area contributed by atoms with Crippen LogP contribution in [0.1, 0.15) is 46.0 Å². The fourth-order valence-corrected chi connectivity index (χ4v) is 2.93. The molecule has 2 N–H and O–H groups in total. The Labute approximate surface area is 128 Å². The predicted molar refractivity (Wildman–Crippen MR) is 75.1 cm³/mol. The smallest absolute Gasteiger partial charge is 0.391 e. The molecule has 0 heterocycles. The Hall–Kier alpha value is -1.27. The fraction of sp³-hybridized carbons (Fsp3) is 0.867. The monoisotopic (exact) mass is 323 g/mol. The third kappa shape index (κ3) is 5.85. The molecule has 0 spiro atoms. The lowest BCUT2D eigenvalue weighted by Gasteiger charge is -2.30. The summed E-state index contributed by atoms with van der Waals surface area (Å²) in [5.41, 5.74) is 0. The van der Waals surface area contributed by atoms with Crippen LogP contribution in [0.15, 0.2) is 0 Å². The normalized spacial score (nSPS) is 24.1. The lowest BCUT2D eigenvalue weighted by Crippen LogP contribution is -2.40. The van der Waals surface area contributed by atoms with Crippen molar-refractivity contribution < 1.29 is 27.9 Å². The Balaban J connectivity index is 2.52. The second kappa shape index (κ2) is 7.83. The van der Waals surface area contributed by atoms with Gasteiger partial charge in [0, 0.05) is 12.5 Å². The van der Waals surface area contributed by atoms with Crippen molar-refractivity contribution in [2.24, 2.45) is 23.7 Å². The van der Waals surface area contributed by atoms with Gasteiger partial charge in [0.2, 0.25) is 5.91 Å². The number of carboxylic acid groups (broad SMARTS) is 1. The van der Waals surface area contributed by atoms with E-state index >= 15 is 0 Å². The number of hydrogen-bond acceptors (Lipinski definition) is 2. The zero-order valence-corrected chi connectivity index (χ0v) is 12.9. The van der Waals surface area contributed by atoms with E-state index in [1.165, 1.54) is 0 Å². The maximum Gasteiger partial charge on any atom is 0.391 e. The van der Waals surface area contributed by atoms with Gasteiger partial charge in [0.25, 0.3) is 0 Å². The Morgan fingerprint density at radius 1 is 1.27 bits per heavy atom. The summed E-state index contributed by atoms with van der Waals surface area (Å²) in [5.74, 6) is -4.08. The third-order valence-corrected chi connectivity index (χ3v) is 4.14. The highest BCUT2D eigenvalue weighted by Crippen LogP contribution is 2.39. The van der Waals surface area contributed by atoms with Crippen molar-refractivity contribution in [2.45, 2.75) is 52.1 Å². The highest BCUT2D eigenvalue weighted by Gasteiger charge is 2.43. The second-order valence-corrected chi connectivity index (χ2v) is 6.51. The van der Waals surface area contributed by atoms with Gasteiger partial charge in [-0.3, -0.25) is 9.59 Å². The van der Waals surface area contributed by atoms with Gasteiger partial charge in [-0.25, -0.2) is 0 Å². The fourth-order valence-electron chi connectivity index (χ4n) is 2.93. The van der Waals surface area contributed by atoms with E-state index in [4.69, 9.17) is 5.11 Å². The molecule has 1 fully saturated rings. The van der Waals surface area contributed by atoms with Crippen LogP contribution in [0.3, 0.4) is 0 Å². The molecule has 128 valence electrons. The van der Waals surface area contributed by atoms with Gasteiger partial charge in [-0.1, -0.05) is 20.3 Å². The van der Waals surface area contributed by atoms with Crippen molar-refractivity contribution in [3.63, 3.8) is 0 Å².